The maximum absolute atomic E-state index is 6.14. The molecule has 2 rings (SSSR count). The predicted octanol–water partition coefficient (Wildman–Crippen LogP) is 3.85. The van der Waals surface area contributed by atoms with Gasteiger partial charge in [0.05, 0.1) is 5.60 Å². The zero-order valence-corrected chi connectivity index (χ0v) is 13.6. The monoisotopic (exact) mass is 285 g/mol. The van der Waals surface area contributed by atoms with Crippen LogP contribution in [0.15, 0.2) is 0 Å². The molecule has 1 atom stereocenters. The molecule has 2 heterocycles. The van der Waals surface area contributed by atoms with Crippen LogP contribution in [0.25, 0.3) is 0 Å². The first-order valence-corrected chi connectivity index (χ1v) is 9.31. The molecule has 1 N–H and O–H groups in total. The van der Waals surface area contributed by atoms with Crippen LogP contribution in [-0.2, 0) is 4.74 Å². The third-order valence-corrected chi connectivity index (χ3v) is 5.52. The first kappa shape index (κ1) is 15.7. The smallest absolute Gasteiger partial charge is 0.0713 e. The van der Waals surface area contributed by atoms with Crippen LogP contribution in [-0.4, -0.2) is 36.3 Å². The summed E-state index contributed by atoms with van der Waals surface area (Å²) in [5.74, 6) is 3.44. The van der Waals surface area contributed by atoms with E-state index in [0.717, 1.165) is 12.5 Å². The summed E-state index contributed by atoms with van der Waals surface area (Å²) in [5.41, 5.74) is 0.235. The molecule has 3 heteroatoms. The van der Waals surface area contributed by atoms with Gasteiger partial charge in [0, 0.05) is 12.6 Å². The largest absolute Gasteiger partial charge is 0.375 e. The van der Waals surface area contributed by atoms with E-state index >= 15 is 0 Å². The van der Waals surface area contributed by atoms with E-state index in [1.807, 2.05) is 0 Å². The Hall–Kier alpha value is 0.270. The van der Waals surface area contributed by atoms with Gasteiger partial charge in [-0.2, -0.15) is 11.8 Å². The van der Waals surface area contributed by atoms with Gasteiger partial charge in [0.2, 0.25) is 0 Å². The van der Waals surface area contributed by atoms with Crippen LogP contribution in [0.3, 0.4) is 0 Å². The van der Waals surface area contributed by atoms with Gasteiger partial charge in [0.25, 0.3) is 0 Å². The summed E-state index contributed by atoms with van der Waals surface area (Å²) in [6.07, 6.45) is 9.06. The summed E-state index contributed by atoms with van der Waals surface area (Å²) >= 11 is 2.09. The zero-order valence-electron chi connectivity index (χ0n) is 12.7. The maximum Gasteiger partial charge on any atom is 0.0713 e. The van der Waals surface area contributed by atoms with E-state index in [1.54, 1.807) is 0 Å². The van der Waals surface area contributed by atoms with Gasteiger partial charge in [-0.3, -0.25) is 0 Å². The van der Waals surface area contributed by atoms with Crippen LogP contribution in [0, 0.1) is 5.92 Å². The van der Waals surface area contributed by atoms with Crippen molar-refractivity contribution < 1.29 is 4.74 Å². The molecule has 2 aliphatic rings. The Morgan fingerprint density at radius 1 is 1.26 bits per heavy atom. The van der Waals surface area contributed by atoms with Crippen molar-refractivity contribution in [2.24, 2.45) is 5.92 Å². The van der Waals surface area contributed by atoms with Crippen molar-refractivity contribution in [3.63, 3.8) is 0 Å². The summed E-state index contributed by atoms with van der Waals surface area (Å²) < 4.78 is 6.14. The van der Waals surface area contributed by atoms with E-state index in [1.165, 1.54) is 63.0 Å². The molecular weight excluding hydrogens is 254 g/mol. The fourth-order valence-electron chi connectivity index (χ4n) is 3.28. The molecule has 0 radical (unpaired) electrons. The lowest BCUT2D eigenvalue weighted by Gasteiger charge is -2.43. The molecule has 0 aliphatic carbocycles. The minimum absolute atomic E-state index is 0.235. The van der Waals surface area contributed by atoms with Gasteiger partial charge in [0.1, 0.15) is 0 Å². The van der Waals surface area contributed by atoms with E-state index in [2.05, 4.69) is 30.9 Å². The average Bonchev–Trinajstić information content (AvgIpc) is 2.39. The summed E-state index contributed by atoms with van der Waals surface area (Å²) in [6.45, 7) is 6.80. The molecular formula is C16H31NOS. The molecule has 0 aromatic heterocycles. The van der Waals surface area contributed by atoms with Crippen molar-refractivity contribution in [2.45, 2.75) is 70.4 Å². The second-order valence-electron chi connectivity index (χ2n) is 6.68. The molecule has 2 aliphatic heterocycles. The zero-order chi connectivity index (χ0) is 13.6. The highest BCUT2D eigenvalue weighted by molar-refractivity contribution is 7.99. The second kappa shape index (κ2) is 7.90. The highest BCUT2D eigenvalue weighted by Crippen LogP contribution is 2.37. The summed E-state index contributed by atoms with van der Waals surface area (Å²) in [5, 5.41) is 3.78. The van der Waals surface area contributed by atoms with Crippen molar-refractivity contribution >= 4 is 11.8 Å². The molecule has 1 spiro atoms. The van der Waals surface area contributed by atoms with Gasteiger partial charge < -0.3 is 10.1 Å². The first-order chi connectivity index (χ1) is 9.20. The number of hydrogen-bond acceptors (Lipinski definition) is 3. The lowest BCUT2D eigenvalue weighted by Crippen LogP contribution is -2.49. The number of ether oxygens (including phenoxy) is 1. The highest BCUT2D eigenvalue weighted by Gasteiger charge is 2.38. The van der Waals surface area contributed by atoms with E-state index in [0.29, 0.717) is 6.04 Å². The van der Waals surface area contributed by atoms with E-state index in [9.17, 15) is 0 Å². The fraction of sp³-hybridized carbons (Fsp3) is 1.00. The fourth-order valence-corrected chi connectivity index (χ4v) is 4.51. The Balaban J connectivity index is 1.64. The van der Waals surface area contributed by atoms with Gasteiger partial charge in [0.15, 0.2) is 0 Å². The lowest BCUT2D eigenvalue weighted by molar-refractivity contribution is -0.0930. The van der Waals surface area contributed by atoms with Gasteiger partial charge >= 0.3 is 0 Å². The molecule has 112 valence electrons. The van der Waals surface area contributed by atoms with Crippen LogP contribution >= 0.6 is 11.8 Å². The van der Waals surface area contributed by atoms with Crippen molar-refractivity contribution in [2.75, 3.05) is 24.7 Å². The number of nitrogens with one attached hydrogen (secondary N) is 1. The highest BCUT2D eigenvalue weighted by atomic mass is 32.2. The van der Waals surface area contributed by atoms with Crippen molar-refractivity contribution in [1.29, 1.82) is 0 Å². The van der Waals surface area contributed by atoms with E-state index < -0.39 is 0 Å². The van der Waals surface area contributed by atoms with Crippen LogP contribution in [0.5, 0.6) is 0 Å². The minimum Gasteiger partial charge on any atom is -0.375 e. The molecule has 1 unspecified atom stereocenters. The van der Waals surface area contributed by atoms with Crippen LogP contribution in [0.4, 0.5) is 0 Å². The van der Waals surface area contributed by atoms with Crippen molar-refractivity contribution in [1.82, 2.24) is 5.32 Å². The molecule has 0 aromatic rings. The van der Waals surface area contributed by atoms with E-state index in [-0.39, 0.29) is 5.60 Å². The van der Waals surface area contributed by atoms with Crippen LogP contribution in [0.2, 0.25) is 0 Å². The molecule has 2 fully saturated rings. The minimum atomic E-state index is 0.235. The SMILES string of the molecule is CC(C)CCCCNC1CCOC2(CCSCC2)C1. The van der Waals surface area contributed by atoms with Gasteiger partial charge in [-0.05, 0) is 56.1 Å². The van der Waals surface area contributed by atoms with Crippen LogP contribution < -0.4 is 5.32 Å². The number of unbranched alkanes of at least 4 members (excludes halogenated alkanes) is 1. The molecule has 0 saturated carbocycles. The normalized spacial score (nSPS) is 27.0. The topological polar surface area (TPSA) is 21.3 Å². The summed E-state index contributed by atoms with van der Waals surface area (Å²) in [4.78, 5) is 0. The Labute approximate surface area is 123 Å². The quantitative estimate of drug-likeness (QED) is 0.749. The first-order valence-electron chi connectivity index (χ1n) is 8.15. The molecule has 19 heavy (non-hydrogen) atoms. The average molecular weight is 285 g/mol. The molecule has 2 saturated heterocycles. The Bertz CT molecular complexity index is 246. The third-order valence-electron chi connectivity index (χ3n) is 4.54. The number of hydrogen-bond donors (Lipinski definition) is 1. The Kier molecular flexibility index (Phi) is 6.51. The Morgan fingerprint density at radius 2 is 2.05 bits per heavy atom. The molecule has 0 aromatic carbocycles. The standard InChI is InChI=1S/C16H31NOS/c1-14(2)5-3-4-9-17-15-6-10-18-16(13-15)7-11-19-12-8-16/h14-15,17H,3-13H2,1-2H3. The summed E-state index contributed by atoms with van der Waals surface area (Å²) in [6, 6.07) is 0.705. The number of rotatable bonds is 6. The predicted molar refractivity (Wildman–Crippen MR) is 85.0 cm³/mol. The van der Waals surface area contributed by atoms with E-state index in [4.69, 9.17) is 4.74 Å². The van der Waals surface area contributed by atoms with Gasteiger partial charge in [-0.1, -0.05) is 26.7 Å². The Morgan fingerprint density at radius 3 is 2.79 bits per heavy atom. The number of thioether (sulfide) groups is 1. The second-order valence-corrected chi connectivity index (χ2v) is 7.90. The van der Waals surface area contributed by atoms with Gasteiger partial charge in [-0.15, -0.1) is 0 Å². The lowest BCUT2D eigenvalue weighted by atomic mass is 9.85. The van der Waals surface area contributed by atoms with Gasteiger partial charge in [-0.25, -0.2) is 0 Å². The summed E-state index contributed by atoms with van der Waals surface area (Å²) in [7, 11) is 0. The van der Waals surface area contributed by atoms with Crippen LogP contribution in [0.1, 0.15) is 58.8 Å². The molecule has 2 nitrogen and oxygen atoms in total. The van der Waals surface area contributed by atoms with Crippen molar-refractivity contribution in [3.05, 3.63) is 0 Å². The maximum atomic E-state index is 6.14. The molecule has 0 bridgehead atoms. The van der Waals surface area contributed by atoms with Crippen molar-refractivity contribution in [3.8, 4) is 0 Å². The molecule has 0 amide bonds. The third kappa shape index (κ3) is 5.28.